The summed E-state index contributed by atoms with van der Waals surface area (Å²) in [5.74, 6) is -2.11. The molecule has 0 bridgehead atoms. The van der Waals surface area contributed by atoms with E-state index in [-0.39, 0.29) is 17.5 Å². The van der Waals surface area contributed by atoms with Gasteiger partial charge < -0.3 is 5.11 Å². The molecule has 1 N–H and O–H groups in total. The monoisotopic (exact) mass is 213 g/mol. The number of benzene rings is 1. The predicted octanol–water partition coefficient (Wildman–Crippen LogP) is 1.67. The molecule has 0 saturated carbocycles. The number of carboxylic acid groups (broad SMARTS) is 1. The van der Waals surface area contributed by atoms with Gasteiger partial charge in [0.05, 0.1) is 11.3 Å². The molecule has 0 saturated heterocycles. The summed E-state index contributed by atoms with van der Waals surface area (Å²) in [6, 6.07) is 2.18. The van der Waals surface area contributed by atoms with Crippen LogP contribution in [0.15, 0.2) is 12.1 Å². The van der Waals surface area contributed by atoms with E-state index < -0.39 is 22.4 Å². The van der Waals surface area contributed by atoms with Crippen LogP contribution >= 0.6 is 0 Å². The highest BCUT2D eigenvalue weighted by atomic mass is 19.1. The van der Waals surface area contributed by atoms with Gasteiger partial charge in [-0.3, -0.25) is 14.9 Å². The molecule has 0 unspecified atom stereocenters. The number of nitro benzene ring substituents is 1. The van der Waals surface area contributed by atoms with Crippen molar-refractivity contribution in [2.24, 2.45) is 0 Å². The molecular weight excluding hydrogens is 205 g/mol. The van der Waals surface area contributed by atoms with Gasteiger partial charge in [0.1, 0.15) is 0 Å². The molecule has 0 aromatic heterocycles. The average molecular weight is 213 g/mol. The van der Waals surface area contributed by atoms with E-state index in [0.29, 0.717) is 0 Å². The maximum Gasteiger partial charge on any atom is 0.307 e. The molecule has 6 heteroatoms. The van der Waals surface area contributed by atoms with Crippen molar-refractivity contribution in [1.82, 2.24) is 0 Å². The number of nitrogens with zero attached hydrogens (tertiary/aromatic N) is 1. The van der Waals surface area contributed by atoms with Gasteiger partial charge >= 0.3 is 11.7 Å². The predicted molar refractivity (Wildman–Crippen MR) is 49.1 cm³/mol. The van der Waals surface area contributed by atoms with Crippen LogP contribution in [-0.4, -0.2) is 16.0 Å². The summed E-state index contributed by atoms with van der Waals surface area (Å²) >= 11 is 0. The second-order valence-corrected chi connectivity index (χ2v) is 3.07. The van der Waals surface area contributed by atoms with Crippen molar-refractivity contribution in [2.75, 3.05) is 0 Å². The van der Waals surface area contributed by atoms with Crippen LogP contribution in [0, 0.1) is 22.9 Å². The smallest absolute Gasteiger partial charge is 0.307 e. The highest BCUT2D eigenvalue weighted by molar-refractivity contribution is 5.70. The number of carbonyl (C=O) groups is 1. The molecule has 5 nitrogen and oxygen atoms in total. The third kappa shape index (κ3) is 2.49. The van der Waals surface area contributed by atoms with E-state index in [2.05, 4.69) is 0 Å². The molecule has 0 amide bonds. The van der Waals surface area contributed by atoms with Crippen molar-refractivity contribution >= 4 is 11.7 Å². The lowest BCUT2D eigenvalue weighted by molar-refractivity contribution is -0.388. The highest BCUT2D eigenvalue weighted by Crippen LogP contribution is 2.23. The summed E-state index contributed by atoms with van der Waals surface area (Å²) in [5, 5.41) is 18.9. The fraction of sp³-hybridized carbons (Fsp3) is 0.222. The van der Waals surface area contributed by atoms with Gasteiger partial charge in [-0.05, 0) is 24.6 Å². The van der Waals surface area contributed by atoms with Crippen LogP contribution in [0.2, 0.25) is 0 Å². The van der Waals surface area contributed by atoms with Crippen LogP contribution in [0.1, 0.15) is 11.1 Å². The Morgan fingerprint density at radius 2 is 2.20 bits per heavy atom. The Labute approximate surface area is 84.3 Å². The SMILES string of the molecule is Cc1cc(CC(=O)O)cc(F)c1[N+](=O)[O-]. The van der Waals surface area contributed by atoms with Crippen molar-refractivity contribution in [2.45, 2.75) is 13.3 Å². The van der Waals surface area contributed by atoms with E-state index in [1.165, 1.54) is 13.0 Å². The maximum atomic E-state index is 13.2. The second kappa shape index (κ2) is 4.04. The van der Waals surface area contributed by atoms with Crippen LogP contribution in [0.5, 0.6) is 0 Å². The molecule has 0 radical (unpaired) electrons. The van der Waals surface area contributed by atoms with E-state index in [1.807, 2.05) is 0 Å². The largest absolute Gasteiger partial charge is 0.481 e. The Kier molecular flexibility index (Phi) is 2.99. The minimum Gasteiger partial charge on any atom is -0.481 e. The Hall–Kier alpha value is -1.98. The Morgan fingerprint density at radius 3 is 2.60 bits per heavy atom. The molecule has 0 fully saturated rings. The van der Waals surface area contributed by atoms with Gasteiger partial charge in [-0.15, -0.1) is 0 Å². The second-order valence-electron chi connectivity index (χ2n) is 3.07. The van der Waals surface area contributed by atoms with Crippen LogP contribution in [0.25, 0.3) is 0 Å². The molecule has 0 aliphatic rings. The molecule has 1 aromatic carbocycles. The number of carboxylic acids is 1. The molecule has 1 rings (SSSR count). The molecule has 0 aliphatic heterocycles. The zero-order chi connectivity index (χ0) is 11.6. The molecule has 0 aliphatic carbocycles. The fourth-order valence-corrected chi connectivity index (χ4v) is 1.32. The Balaban J connectivity index is 3.19. The van der Waals surface area contributed by atoms with Gasteiger partial charge in [0, 0.05) is 5.56 Å². The number of rotatable bonds is 3. The van der Waals surface area contributed by atoms with Crippen LogP contribution < -0.4 is 0 Å². The lowest BCUT2D eigenvalue weighted by Gasteiger charge is -2.02. The number of halogens is 1. The van der Waals surface area contributed by atoms with Crippen molar-refractivity contribution in [3.05, 3.63) is 39.2 Å². The molecule has 80 valence electrons. The van der Waals surface area contributed by atoms with E-state index in [4.69, 9.17) is 5.11 Å². The van der Waals surface area contributed by atoms with E-state index in [0.717, 1.165) is 6.07 Å². The van der Waals surface area contributed by atoms with Gasteiger partial charge in [0.25, 0.3) is 0 Å². The minimum absolute atomic E-state index is 0.122. The minimum atomic E-state index is -1.11. The first-order valence-electron chi connectivity index (χ1n) is 4.07. The topological polar surface area (TPSA) is 80.4 Å². The first-order chi connectivity index (χ1) is 6.91. The van der Waals surface area contributed by atoms with Crippen molar-refractivity contribution in [1.29, 1.82) is 0 Å². The van der Waals surface area contributed by atoms with Crippen LogP contribution in [0.3, 0.4) is 0 Å². The first-order valence-corrected chi connectivity index (χ1v) is 4.07. The van der Waals surface area contributed by atoms with Gasteiger partial charge in [-0.2, -0.15) is 4.39 Å². The quantitative estimate of drug-likeness (QED) is 0.611. The molecular formula is C9H8FNO4. The average Bonchev–Trinajstić information content (AvgIpc) is 1.99. The molecule has 0 heterocycles. The highest BCUT2D eigenvalue weighted by Gasteiger charge is 2.19. The zero-order valence-electron chi connectivity index (χ0n) is 7.86. The maximum absolute atomic E-state index is 13.2. The van der Waals surface area contributed by atoms with Gasteiger partial charge in [-0.1, -0.05) is 0 Å². The van der Waals surface area contributed by atoms with Crippen LogP contribution in [0.4, 0.5) is 10.1 Å². The van der Waals surface area contributed by atoms with E-state index >= 15 is 0 Å². The van der Waals surface area contributed by atoms with Gasteiger partial charge in [0.15, 0.2) is 0 Å². The summed E-state index contributed by atoms with van der Waals surface area (Å²) in [5.41, 5.74) is -0.275. The number of aliphatic carboxylic acids is 1. The fourth-order valence-electron chi connectivity index (χ4n) is 1.32. The zero-order valence-corrected chi connectivity index (χ0v) is 7.86. The number of hydrogen-bond acceptors (Lipinski definition) is 3. The van der Waals surface area contributed by atoms with Crippen molar-refractivity contribution in [3.63, 3.8) is 0 Å². The Morgan fingerprint density at radius 1 is 1.60 bits per heavy atom. The van der Waals surface area contributed by atoms with E-state index in [9.17, 15) is 19.3 Å². The summed E-state index contributed by atoms with van der Waals surface area (Å²) in [6.07, 6.45) is -0.351. The number of hydrogen-bond donors (Lipinski definition) is 1. The molecule has 1 aromatic rings. The third-order valence-corrected chi connectivity index (χ3v) is 1.85. The molecule has 0 spiro atoms. The van der Waals surface area contributed by atoms with Gasteiger partial charge in [-0.25, -0.2) is 0 Å². The van der Waals surface area contributed by atoms with Crippen molar-refractivity contribution in [3.8, 4) is 0 Å². The standard InChI is InChI=1S/C9H8FNO4/c1-5-2-6(4-8(12)13)3-7(10)9(5)11(14)15/h2-3H,4H2,1H3,(H,12,13). The summed E-state index contributed by atoms with van der Waals surface area (Å²) in [6.45, 7) is 1.37. The summed E-state index contributed by atoms with van der Waals surface area (Å²) in [4.78, 5) is 20.0. The Bertz CT molecular complexity index is 407. The van der Waals surface area contributed by atoms with Gasteiger partial charge in [0.2, 0.25) is 5.82 Å². The summed E-state index contributed by atoms with van der Waals surface area (Å²) in [7, 11) is 0. The number of aryl methyl sites for hydroxylation is 1. The first kappa shape index (κ1) is 11.1. The van der Waals surface area contributed by atoms with E-state index in [1.54, 1.807) is 0 Å². The summed E-state index contributed by atoms with van der Waals surface area (Å²) < 4.78 is 13.2. The van der Waals surface area contributed by atoms with Crippen LogP contribution in [-0.2, 0) is 11.2 Å². The molecule has 15 heavy (non-hydrogen) atoms. The number of nitro groups is 1. The van der Waals surface area contributed by atoms with Crippen molar-refractivity contribution < 1.29 is 19.2 Å². The molecule has 0 atom stereocenters. The lowest BCUT2D eigenvalue weighted by atomic mass is 10.1. The lowest BCUT2D eigenvalue weighted by Crippen LogP contribution is -2.03. The third-order valence-electron chi connectivity index (χ3n) is 1.85. The normalized spacial score (nSPS) is 10.0.